The fourth-order valence-corrected chi connectivity index (χ4v) is 3.49. The highest BCUT2D eigenvalue weighted by Crippen LogP contribution is 2.28. The van der Waals surface area contributed by atoms with Gasteiger partial charge in [0.2, 0.25) is 5.91 Å². The van der Waals surface area contributed by atoms with Gasteiger partial charge in [0.15, 0.2) is 0 Å². The van der Waals surface area contributed by atoms with Gasteiger partial charge in [-0.1, -0.05) is 24.3 Å². The minimum atomic E-state index is -0.597. The Hall–Kier alpha value is -2.44. The highest BCUT2D eigenvalue weighted by molar-refractivity contribution is 5.89. The molecule has 0 bridgehead atoms. The highest BCUT2D eigenvalue weighted by Gasteiger charge is 2.41. The lowest BCUT2D eigenvalue weighted by Crippen LogP contribution is -2.58. The molecule has 1 aromatic heterocycles. The molecule has 1 amide bonds. The van der Waals surface area contributed by atoms with E-state index >= 15 is 0 Å². The number of nitrogens with zero attached hydrogens (tertiary/aromatic N) is 2. The van der Waals surface area contributed by atoms with E-state index in [0.29, 0.717) is 13.2 Å². The Kier molecular flexibility index (Phi) is 6.79. The predicted molar refractivity (Wildman–Crippen MR) is 106 cm³/mol. The number of likely N-dealkylation sites (tertiary alicyclic amines) is 1. The number of para-hydroxylation sites is 1. The van der Waals surface area contributed by atoms with Crippen molar-refractivity contribution < 1.29 is 9.53 Å². The fraction of sp³-hybridized carbons (Fsp3) is 0.429. The van der Waals surface area contributed by atoms with Gasteiger partial charge in [0.25, 0.3) is 0 Å². The molecule has 2 N–H and O–H groups in total. The normalized spacial score (nSPS) is 16.6. The molecule has 1 fully saturated rings. The SMILES string of the molecule is COCCNC(=O)C1(Nc2ccccc2)CCN(Cc2cccnc2)CC1. The molecule has 0 unspecified atom stereocenters. The predicted octanol–water partition coefficient (Wildman–Crippen LogP) is 2.29. The van der Waals surface area contributed by atoms with E-state index in [4.69, 9.17) is 4.74 Å². The first-order chi connectivity index (χ1) is 13.2. The minimum Gasteiger partial charge on any atom is -0.383 e. The molecule has 0 spiro atoms. The summed E-state index contributed by atoms with van der Waals surface area (Å²) in [5, 5.41) is 6.54. The number of piperidine rings is 1. The molecule has 1 aliphatic rings. The van der Waals surface area contributed by atoms with Crippen molar-refractivity contribution in [3.63, 3.8) is 0 Å². The van der Waals surface area contributed by atoms with Gasteiger partial charge in [-0.2, -0.15) is 0 Å². The smallest absolute Gasteiger partial charge is 0.245 e. The van der Waals surface area contributed by atoms with Crippen molar-refractivity contribution >= 4 is 11.6 Å². The molecule has 27 heavy (non-hydrogen) atoms. The monoisotopic (exact) mass is 368 g/mol. The summed E-state index contributed by atoms with van der Waals surface area (Å²) < 4.78 is 5.06. The summed E-state index contributed by atoms with van der Waals surface area (Å²) in [7, 11) is 1.64. The van der Waals surface area contributed by atoms with Gasteiger partial charge in [0, 0.05) is 51.4 Å². The lowest BCUT2D eigenvalue weighted by molar-refractivity contribution is -0.127. The van der Waals surface area contributed by atoms with Crippen LogP contribution in [-0.2, 0) is 16.1 Å². The molecule has 1 saturated heterocycles. The first kappa shape index (κ1) is 19.3. The zero-order chi connectivity index (χ0) is 19.0. The van der Waals surface area contributed by atoms with Crippen molar-refractivity contribution in [3.05, 3.63) is 60.4 Å². The maximum atomic E-state index is 13.0. The summed E-state index contributed by atoms with van der Waals surface area (Å²) in [4.78, 5) is 19.6. The maximum absolute atomic E-state index is 13.0. The molecule has 6 nitrogen and oxygen atoms in total. The Morgan fingerprint density at radius 2 is 1.96 bits per heavy atom. The first-order valence-electron chi connectivity index (χ1n) is 9.44. The van der Waals surface area contributed by atoms with Crippen molar-refractivity contribution in [2.24, 2.45) is 0 Å². The zero-order valence-corrected chi connectivity index (χ0v) is 15.9. The van der Waals surface area contributed by atoms with Crippen LogP contribution in [0.4, 0.5) is 5.69 Å². The summed E-state index contributed by atoms with van der Waals surface area (Å²) in [6.45, 7) is 3.60. The molecule has 0 saturated carbocycles. The minimum absolute atomic E-state index is 0.0458. The Bertz CT molecular complexity index is 701. The molecule has 2 aromatic rings. The molecule has 1 aromatic carbocycles. The van der Waals surface area contributed by atoms with Gasteiger partial charge in [-0.3, -0.25) is 14.7 Å². The fourth-order valence-electron chi connectivity index (χ4n) is 3.49. The molecule has 3 rings (SSSR count). The van der Waals surface area contributed by atoms with Gasteiger partial charge in [0.05, 0.1) is 6.61 Å². The van der Waals surface area contributed by atoms with Crippen molar-refractivity contribution in [3.8, 4) is 0 Å². The van der Waals surface area contributed by atoms with Gasteiger partial charge >= 0.3 is 0 Å². The third-order valence-electron chi connectivity index (χ3n) is 5.02. The Balaban J connectivity index is 1.67. The average molecular weight is 368 g/mol. The van der Waals surface area contributed by atoms with Crippen molar-refractivity contribution in [2.75, 3.05) is 38.7 Å². The number of aromatic nitrogens is 1. The second-order valence-electron chi connectivity index (χ2n) is 6.96. The summed E-state index contributed by atoms with van der Waals surface area (Å²) in [5.41, 5.74) is 1.58. The van der Waals surface area contributed by atoms with Gasteiger partial charge < -0.3 is 15.4 Å². The van der Waals surface area contributed by atoms with Crippen LogP contribution in [-0.4, -0.2) is 54.7 Å². The molecular formula is C21H28N4O2. The standard InChI is InChI=1S/C21H28N4O2/c1-27-15-12-23-20(26)21(24-19-7-3-2-4-8-19)9-13-25(14-10-21)17-18-6-5-11-22-16-18/h2-8,11,16,24H,9-10,12-15,17H2,1H3,(H,23,26). The van der Waals surface area contributed by atoms with E-state index in [-0.39, 0.29) is 5.91 Å². The van der Waals surface area contributed by atoms with E-state index in [1.54, 1.807) is 13.3 Å². The first-order valence-corrected chi connectivity index (χ1v) is 9.44. The topological polar surface area (TPSA) is 66.5 Å². The number of carbonyl (C=O) groups excluding carboxylic acids is 1. The van der Waals surface area contributed by atoms with E-state index < -0.39 is 5.54 Å². The van der Waals surface area contributed by atoms with E-state index in [9.17, 15) is 4.79 Å². The summed E-state index contributed by atoms with van der Waals surface area (Å²) >= 11 is 0. The number of ether oxygens (including phenoxy) is 1. The number of benzene rings is 1. The molecule has 0 aliphatic carbocycles. The van der Waals surface area contributed by atoms with Crippen LogP contribution < -0.4 is 10.6 Å². The van der Waals surface area contributed by atoms with Crippen LogP contribution in [0.25, 0.3) is 0 Å². The molecule has 144 valence electrons. The number of methoxy groups -OCH3 is 1. The Labute approximate surface area is 160 Å². The molecule has 1 aliphatic heterocycles. The quantitative estimate of drug-likeness (QED) is 0.700. The van der Waals surface area contributed by atoms with Crippen LogP contribution in [0.3, 0.4) is 0 Å². The second-order valence-corrected chi connectivity index (χ2v) is 6.96. The van der Waals surface area contributed by atoms with Crippen LogP contribution in [0.5, 0.6) is 0 Å². The number of hydrogen-bond acceptors (Lipinski definition) is 5. The Morgan fingerprint density at radius 3 is 2.63 bits per heavy atom. The van der Waals surface area contributed by atoms with E-state index in [1.165, 1.54) is 5.56 Å². The Morgan fingerprint density at radius 1 is 1.19 bits per heavy atom. The van der Waals surface area contributed by atoms with E-state index in [1.807, 2.05) is 42.6 Å². The van der Waals surface area contributed by atoms with Crippen molar-refractivity contribution in [1.29, 1.82) is 0 Å². The van der Waals surface area contributed by atoms with Crippen LogP contribution in [0.2, 0.25) is 0 Å². The molecule has 2 heterocycles. The number of nitrogens with one attached hydrogen (secondary N) is 2. The lowest BCUT2D eigenvalue weighted by Gasteiger charge is -2.41. The van der Waals surface area contributed by atoms with Crippen molar-refractivity contribution in [2.45, 2.75) is 24.9 Å². The third-order valence-corrected chi connectivity index (χ3v) is 5.02. The number of hydrogen-bond donors (Lipinski definition) is 2. The molecule has 0 atom stereocenters. The van der Waals surface area contributed by atoms with E-state index in [2.05, 4.69) is 26.6 Å². The van der Waals surface area contributed by atoms with Crippen molar-refractivity contribution in [1.82, 2.24) is 15.2 Å². The highest BCUT2D eigenvalue weighted by atomic mass is 16.5. The van der Waals surface area contributed by atoms with Crippen LogP contribution in [0.15, 0.2) is 54.9 Å². The lowest BCUT2D eigenvalue weighted by atomic mass is 9.85. The summed E-state index contributed by atoms with van der Waals surface area (Å²) in [6.07, 6.45) is 5.20. The maximum Gasteiger partial charge on any atom is 0.245 e. The number of pyridine rings is 1. The van der Waals surface area contributed by atoms with Gasteiger partial charge in [-0.15, -0.1) is 0 Å². The summed E-state index contributed by atoms with van der Waals surface area (Å²) in [6, 6.07) is 14.0. The van der Waals surface area contributed by atoms with Crippen LogP contribution in [0.1, 0.15) is 18.4 Å². The van der Waals surface area contributed by atoms with E-state index in [0.717, 1.165) is 38.2 Å². The van der Waals surface area contributed by atoms with Gasteiger partial charge in [0.1, 0.15) is 5.54 Å². The number of rotatable bonds is 8. The molecule has 0 radical (unpaired) electrons. The molecular weight excluding hydrogens is 340 g/mol. The number of carbonyl (C=O) groups is 1. The molecule has 6 heteroatoms. The largest absolute Gasteiger partial charge is 0.383 e. The summed E-state index contributed by atoms with van der Waals surface area (Å²) in [5.74, 6) is 0.0458. The zero-order valence-electron chi connectivity index (χ0n) is 15.9. The van der Waals surface area contributed by atoms with Crippen LogP contribution in [0, 0.1) is 0 Å². The van der Waals surface area contributed by atoms with Gasteiger partial charge in [-0.25, -0.2) is 0 Å². The third kappa shape index (κ3) is 5.28. The van der Waals surface area contributed by atoms with Crippen LogP contribution >= 0.6 is 0 Å². The van der Waals surface area contributed by atoms with Gasteiger partial charge in [-0.05, 0) is 36.6 Å². The average Bonchev–Trinajstić information content (AvgIpc) is 2.71. The number of anilines is 1. The number of amides is 1. The second kappa shape index (κ2) is 9.48.